The molecule has 0 saturated heterocycles. The van der Waals surface area contributed by atoms with E-state index in [9.17, 15) is 0 Å². The molecule has 1 aliphatic rings. The molecule has 1 aliphatic heterocycles. The minimum Gasteiger partial charge on any atom is -0.402 e. The Balaban J connectivity index is 0.000000671. The number of nitrogens with one attached hydrogen (secondary N) is 1. The average molecular weight is 184 g/mol. The maximum absolute atomic E-state index is 7.54. The van der Waals surface area contributed by atoms with Crippen molar-refractivity contribution in [2.24, 2.45) is 5.73 Å². The quantitative estimate of drug-likeness (QED) is 0.645. The van der Waals surface area contributed by atoms with E-state index >= 15 is 0 Å². The van der Waals surface area contributed by atoms with Crippen LogP contribution in [0.4, 0.5) is 0 Å². The van der Waals surface area contributed by atoms with Crippen molar-refractivity contribution in [1.29, 1.82) is 5.41 Å². The lowest BCUT2D eigenvalue weighted by Gasteiger charge is -2.17. The summed E-state index contributed by atoms with van der Waals surface area (Å²) in [7, 11) is 0. The van der Waals surface area contributed by atoms with Crippen molar-refractivity contribution < 1.29 is 4.74 Å². The predicted molar refractivity (Wildman–Crippen MR) is 56.0 cm³/mol. The van der Waals surface area contributed by atoms with Crippen molar-refractivity contribution >= 4 is 5.71 Å². The Morgan fingerprint density at radius 3 is 2.62 bits per heavy atom. The lowest BCUT2D eigenvalue weighted by atomic mass is 10.0. The molecule has 1 rings (SSSR count). The topological polar surface area (TPSA) is 59.1 Å². The molecule has 0 atom stereocenters. The van der Waals surface area contributed by atoms with Crippen LogP contribution in [-0.2, 0) is 4.74 Å². The van der Waals surface area contributed by atoms with E-state index in [1.807, 2.05) is 20.8 Å². The van der Waals surface area contributed by atoms with E-state index in [2.05, 4.69) is 0 Å². The molecule has 0 saturated carbocycles. The van der Waals surface area contributed by atoms with Crippen molar-refractivity contribution in [3.63, 3.8) is 0 Å². The van der Waals surface area contributed by atoms with Gasteiger partial charge in [-0.1, -0.05) is 20.8 Å². The lowest BCUT2D eigenvalue weighted by Crippen LogP contribution is -2.21. The molecule has 0 aromatic carbocycles. The smallest absolute Gasteiger partial charge is 0.0751 e. The Kier molecular flexibility index (Phi) is 6.24. The molecule has 1 heterocycles. The Morgan fingerprint density at radius 2 is 2.15 bits per heavy atom. The highest BCUT2D eigenvalue weighted by Crippen LogP contribution is 2.12. The predicted octanol–water partition coefficient (Wildman–Crippen LogP) is 2.08. The molecule has 0 radical (unpaired) electrons. The molecule has 0 aliphatic carbocycles. The van der Waals surface area contributed by atoms with Gasteiger partial charge < -0.3 is 15.9 Å². The number of ether oxygens (including phenoxy) is 1. The van der Waals surface area contributed by atoms with Gasteiger partial charge in [0, 0.05) is 23.4 Å². The molecule has 0 spiro atoms. The zero-order valence-corrected chi connectivity index (χ0v) is 8.81. The van der Waals surface area contributed by atoms with Gasteiger partial charge in [-0.05, 0) is 6.42 Å². The van der Waals surface area contributed by atoms with Gasteiger partial charge in [0.05, 0.1) is 13.2 Å². The van der Waals surface area contributed by atoms with Gasteiger partial charge in [0.15, 0.2) is 0 Å². The van der Waals surface area contributed by atoms with Crippen molar-refractivity contribution in [2.75, 3.05) is 13.2 Å². The highest BCUT2D eigenvalue weighted by molar-refractivity contribution is 5.98. The van der Waals surface area contributed by atoms with Gasteiger partial charge in [0.25, 0.3) is 0 Å². The lowest BCUT2D eigenvalue weighted by molar-refractivity contribution is 0.149. The minimum absolute atomic E-state index is 0.526. The van der Waals surface area contributed by atoms with Crippen molar-refractivity contribution in [2.45, 2.75) is 33.6 Å². The second-order valence-corrected chi connectivity index (χ2v) is 2.64. The van der Waals surface area contributed by atoms with E-state index < -0.39 is 0 Å². The third kappa shape index (κ3) is 3.59. The van der Waals surface area contributed by atoms with Crippen LogP contribution in [0, 0.1) is 5.41 Å². The third-order valence-electron chi connectivity index (χ3n) is 1.87. The summed E-state index contributed by atoms with van der Waals surface area (Å²) in [6.45, 7) is 7.18. The Bertz CT molecular complexity index is 197. The number of hydrogen-bond acceptors (Lipinski definition) is 3. The highest BCUT2D eigenvalue weighted by atomic mass is 16.5. The van der Waals surface area contributed by atoms with Gasteiger partial charge >= 0.3 is 0 Å². The molecule has 0 unspecified atom stereocenters. The van der Waals surface area contributed by atoms with Crippen LogP contribution in [0.1, 0.15) is 33.6 Å². The molecule has 0 aromatic heterocycles. The van der Waals surface area contributed by atoms with Crippen LogP contribution in [0.2, 0.25) is 0 Å². The SMILES string of the molecule is CC.CCC(=N)C1=C(N)CCOC1. The van der Waals surface area contributed by atoms with Crippen LogP contribution in [0.15, 0.2) is 11.3 Å². The fraction of sp³-hybridized carbons (Fsp3) is 0.700. The summed E-state index contributed by atoms with van der Waals surface area (Å²) >= 11 is 0. The minimum atomic E-state index is 0.526. The molecule has 0 bridgehead atoms. The van der Waals surface area contributed by atoms with Crippen molar-refractivity contribution in [1.82, 2.24) is 0 Å². The van der Waals surface area contributed by atoms with Crippen molar-refractivity contribution in [3.8, 4) is 0 Å². The largest absolute Gasteiger partial charge is 0.402 e. The van der Waals surface area contributed by atoms with E-state index in [-0.39, 0.29) is 0 Å². The van der Waals surface area contributed by atoms with Gasteiger partial charge in [-0.25, -0.2) is 0 Å². The summed E-state index contributed by atoms with van der Waals surface area (Å²) in [5, 5.41) is 7.54. The van der Waals surface area contributed by atoms with Crippen LogP contribution >= 0.6 is 0 Å². The Morgan fingerprint density at radius 1 is 1.54 bits per heavy atom. The van der Waals surface area contributed by atoms with Crippen LogP contribution in [0.25, 0.3) is 0 Å². The molecule has 0 fully saturated rings. The monoisotopic (exact) mass is 184 g/mol. The molecule has 13 heavy (non-hydrogen) atoms. The molecular formula is C10H20N2O. The van der Waals surface area contributed by atoms with Crippen LogP contribution in [0.3, 0.4) is 0 Å². The van der Waals surface area contributed by atoms with E-state index in [4.69, 9.17) is 15.9 Å². The van der Waals surface area contributed by atoms with Crippen LogP contribution in [0.5, 0.6) is 0 Å². The summed E-state index contributed by atoms with van der Waals surface area (Å²) < 4.78 is 5.20. The molecule has 3 heteroatoms. The fourth-order valence-corrected chi connectivity index (χ4v) is 1.09. The van der Waals surface area contributed by atoms with E-state index in [1.165, 1.54) is 0 Å². The Labute approximate surface area is 80.5 Å². The molecule has 3 N–H and O–H groups in total. The standard InChI is InChI=1S/C8H14N2O.C2H6/c1-2-7(9)6-5-11-4-3-8(6)10;1-2/h9H,2-5,10H2,1H3;1-2H3. The summed E-state index contributed by atoms with van der Waals surface area (Å²) in [6.07, 6.45) is 1.51. The number of rotatable bonds is 2. The van der Waals surface area contributed by atoms with E-state index in [0.29, 0.717) is 18.9 Å². The van der Waals surface area contributed by atoms with E-state index in [0.717, 1.165) is 24.1 Å². The second kappa shape index (κ2) is 6.66. The maximum Gasteiger partial charge on any atom is 0.0751 e. The maximum atomic E-state index is 7.54. The Hall–Kier alpha value is -0.830. The van der Waals surface area contributed by atoms with Crippen LogP contribution in [-0.4, -0.2) is 18.9 Å². The fourth-order valence-electron chi connectivity index (χ4n) is 1.09. The zero-order valence-electron chi connectivity index (χ0n) is 8.81. The summed E-state index contributed by atoms with van der Waals surface area (Å²) in [6, 6.07) is 0. The number of nitrogens with two attached hydrogens (primary N) is 1. The first kappa shape index (κ1) is 12.2. The second-order valence-electron chi connectivity index (χ2n) is 2.64. The molecule has 0 aromatic rings. The van der Waals surface area contributed by atoms with Crippen LogP contribution < -0.4 is 5.73 Å². The molecular weight excluding hydrogens is 164 g/mol. The van der Waals surface area contributed by atoms with Gasteiger partial charge in [-0.3, -0.25) is 0 Å². The molecule has 76 valence electrons. The van der Waals surface area contributed by atoms with Gasteiger partial charge in [0.2, 0.25) is 0 Å². The summed E-state index contributed by atoms with van der Waals surface area (Å²) in [4.78, 5) is 0. The molecule has 0 amide bonds. The zero-order chi connectivity index (χ0) is 10.3. The normalized spacial score (nSPS) is 16.2. The number of hydrogen-bond donors (Lipinski definition) is 2. The van der Waals surface area contributed by atoms with E-state index in [1.54, 1.807) is 0 Å². The highest BCUT2D eigenvalue weighted by Gasteiger charge is 2.12. The molecule has 3 nitrogen and oxygen atoms in total. The average Bonchev–Trinajstić information content (AvgIpc) is 2.20. The third-order valence-corrected chi connectivity index (χ3v) is 1.87. The first-order valence-electron chi connectivity index (χ1n) is 4.88. The van der Waals surface area contributed by atoms with Gasteiger partial charge in [-0.15, -0.1) is 0 Å². The first-order chi connectivity index (χ1) is 6.25. The summed E-state index contributed by atoms with van der Waals surface area (Å²) in [5.41, 5.74) is 8.07. The van der Waals surface area contributed by atoms with Crippen molar-refractivity contribution in [3.05, 3.63) is 11.3 Å². The summed E-state index contributed by atoms with van der Waals surface area (Å²) in [5.74, 6) is 0. The van der Waals surface area contributed by atoms with Gasteiger partial charge in [-0.2, -0.15) is 0 Å². The van der Waals surface area contributed by atoms with Gasteiger partial charge in [0.1, 0.15) is 0 Å². The first-order valence-corrected chi connectivity index (χ1v) is 4.88.